The van der Waals surface area contributed by atoms with E-state index in [-0.39, 0.29) is 0 Å². The number of anilines is 1. The van der Waals surface area contributed by atoms with Gasteiger partial charge in [0.05, 0.1) is 11.8 Å². The number of hydrogen-bond donors (Lipinski definition) is 1. The lowest BCUT2D eigenvalue weighted by Gasteiger charge is -2.26. The molecule has 1 aliphatic heterocycles. The van der Waals surface area contributed by atoms with Gasteiger partial charge in [0, 0.05) is 32.4 Å². The summed E-state index contributed by atoms with van der Waals surface area (Å²) in [4.78, 5) is 11.6. The van der Waals surface area contributed by atoms with Crippen molar-refractivity contribution in [3.63, 3.8) is 0 Å². The van der Waals surface area contributed by atoms with Gasteiger partial charge in [0.15, 0.2) is 5.82 Å². The minimum absolute atomic E-state index is 0.543. The van der Waals surface area contributed by atoms with Crippen molar-refractivity contribution in [2.45, 2.75) is 32.2 Å². The second-order valence-electron chi connectivity index (χ2n) is 5.55. The van der Waals surface area contributed by atoms with Crippen LogP contribution in [0.4, 0.5) is 5.82 Å². The number of nitrogens with zero attached hydrogens (tertiary/aromatic N) is 4. The molecule has 0 saturated carbocycles. The summed E-state index contributed by atoms with van der Waals surface area (Å²) in [5.41, 5.74) is 2.18. The minimum atomic E-state index is 0.543. The van der Waals surface area contributed by atoms with Crippen LogP contribution in [0.1, 0.15) is 26.2 Å². The van der Waals surface area contributed by atoms with Gasteiger partial charge in [-0.05, 0) is 31.9 Å². The number of hydrogen-bond acceptors (Lipinski definition) is 4. The predicted octanol–water partition coefficient (Wildman–Crippen LogP) is 1.94. The first kappa shape index (κ1) is 13.4. The summed E-state index contributed by atoms with van der Waals surface area (Å²) in [6.07, 6.45) is 7.43. The van der Waals surface area contributed by atoms with E-state index in [9.17, 15) is 0 Å². The Hall–Kier alpha value is -1.62. The Morgan fingerprint density at radius 1 is 1.40 bits per heavy atom. The number of pyridine rings is 1. The normalized spacial score (nSPS) is 19.1. The summed E-state index contributed by atoms with van der Waals surface area (Å²) in [6.45, 7) is 5.42. The third-order valence-corrected chi connectivity index (χ3v) is 4.08. The van der Waals surface area contributed by atoms with E-state index in [2.05, 4.69) is 31.7 Å². The average Bonchev–Trinajstić information content (AvgIpc) is 3.07. The van der Waals surface area contributed by atoms with Crippen molar-refractivity contribution in [3.8, 4) is 0 Å². The first-order valence-electron chi connectivity index (χ1n) is 7.54. The molecule has 108 valence electrons. The molecule has 2 aromatic rings. The molecule has 2 aromatic heterocycles. The molecule has 20 heavy (non-hydrogen) atoms. The van der Waals surface area contributed by atoms with E-state index < -0.39 is 0 Å². The lowest BCUT2D eigenvalue weighted by Crippen LogP contribution is -2.38. The topological polar surface area (TPSA) is 46.0 Å². The van der Waals surface area contributed by atoms with E-state index >= 15 is 0 Å². The molecule has 0 bridgehead atoms. The Balaban J connectivity index is 1.85. The molecule has 0 spiro atoms. The van der Waals surface area contributed by atoms with Crippen molar-refractivity contribution in [2.24, 2.45) is 7.05 Å². The largest absolute Gasteiger partial charge is 0.351 e. The molecule has 0 radical (unpaired) electrons. The second-order valence-corrected chi connectivity index (χ2v) is 5.55. The lowest BCUT2D eigenvalue weighted by atomic mass is 10.2. The molecule has 1 fully saturated rings. The zero-order valence-corrected chi connectivity index (χ0v) is 12.3. The van der Waals surface area contributed by atoms with Crippen molar-refractivity contribution < 1.29 is 0 Å². The maximum Gasteiger partial charge on any atom is 0.157 e. The zero-order valence-electron chi connectivity index (χ0n) is 12.3. The number of imidazole rings is 1. The number of fused-ring (bicyclic) bond motifs is 1. The van der Waals surface area contributed by atoms with Gasteiger partial charge in [-0.3, -0.25) is 0 Å². The second kappa shape index (κ2) is 5.79. The molecule has 3 rings (SSSR count). The van der Waals surface area contributed by atoms with Crippen molar-refractivity contribution in [2.75, 3.05) is 24.5 Å². The van der Waals surface area contributed by atoms with Crippen LogP contribution in [0.25, 0.3) is 11.0 Å². The van der Waals surface area contributed by atoms with Crippen LogP contribution < -0.4 is 10.2 Å². The molecular weight excluding hydrogens is 250 g/mol. The molecule has 5 nitrogen and oxygen atoms in total. The minimum Gasteiger partial charge on any atom is -0.351 e. The van der Waals surface area contributed by atoms with Gasteiger partial charge < -0.3 is 14.8 Å². The van der Waals surface area contributed by atoms with Crippen molar-refractivity contribution >= 4 is 16.9 Å². The summed E-state index contributed by atoms with van der Waals surface area (Å²) in [5, 5.41) is 3.53. The number of aryl methyl sites for hydroxylation is 1. The van der Waals surface area contributed by atoms with Crippen LogP contribution in [0, 0.1) is 0 Å². The molecule has 1 unspecified atom stereocenters. The van der Waals surface area contributed by atoms with Crippen LogP contribution in [0.15, 0.2) is 18.6 Å². The highest BCUT2D eigenvalue weighted by Crippen LogP contribution is 2.28. The van der Waals surface area contributed by atoms with Gasteiger partial charge >= 0.3 is 0 Å². The maximum atomic E-state index is 4.60. The Morgan fingerprint density at radius 2 is 2.30 bits per heavy atom. The Morgan fingerprint density at radius 3 is 3.15 bits per heavy atom. The summed E-state index contributed by atoms with van der Waals surface area (Å²) < 4.78 is 2.06. The zero-order chi connectivity index (χ0) is 13.9. The predicted molar refractivity (Wildman–Crippen MR) is 82.0 cm³/mol. The summed E-state index contributed by atoms with van der Waals surface area (Å²) in [6, 6.07) is 2.58. The van der Waals surface area contributed by atoms with Crippen molar-refractivity contribution in [1.29, 1.82) is 0 Å². The smallest absolute Gasteiger partial charge is 0.157 e. The molecule has 3 heterocycles. The molecule has 1 aliphatic rings. The van der Waals surface area contributed by atoms with Gasteiger partial charge in [0.1, 0.15) is 5.52 Å². The van der Waals surface area contributed by atoms with Crippen LogP contribution in [-0.2, 0) is 7.05 Å². The molecule has 0 aromatic carbocycles. The summed E-state index contributed by atoms with van der Waals surface area (Å²) in [5.74, 6) is 1.05. The van der Waals surface area contributed by atoms with Crippen molar-refractivity contribution in [3.05, 3.63) is 18.6 Å². The Labute approximate surface area is 120 Å². The quantitative estimate of drug-likeness (QED) is 0.846. The summed E-state index contributed by atoms with van der Waals surface area (Å²) >= 11 is 0. The van der Waals surface area contributed by atoms with E-state index in [0.717, 1.165) is 36.5 Å². The van der Waals surface area contributed by atoms with Crippen LogP contribution >= 0.6 is 0 Å². The maximum absolute atomic E-state index is 4.60. The van der Waals surface area contributed by atoms with Gasteiger partial charge in [-0.15, -0.1) is 0 Å². The first-order valence-corrected chi connectivity index (χ1v) is 7.54. The monoisotopic (exact) mass is 273 g/mol. The molecule has 0 amide bonds. The number of nitrogens with one attached hydrogen (secondary N) is 1. The average molecular weight is 273 g/mol. The highest BCUT2D eigenvalue weighted by atomic mass is 15.3. The molecule has 1 saturated heterocycles. The standard InChI is InChI=1S/C15H23N5/c1-3-7-16-10-12-5-4-9-20(12)15-14-13(6-8-17-15)19(2)11-18-14/h6,8,11-12,16H,3-5,7,9-10H2,1-2H3. The van der Waals surface area contributed by atoms with Crippen molar-refractivity contribution in [1.82, 2.24) is 19.9 Å². The Bertz CT molecular complexity index is 577. The van der Waals surface area contributed by atoms with Gasteiger partial charge in [-0.25, -0.2) is 9.97 Å². The van der Waals surface area contributed by atoms with Crippen LogP contribution in [0.2, 0.25) is 0 Å². The van der Waals surface area contributed by atoms with E-state index in [1.807, 2.05) is 25.6 Å². The van der Waals surface area contributed by atoms with E-state index in [1.54, 1.807) is 0 Å². The molecule has 0 aliphatic carbocycles. The highest BCUT2D eigenvalue weighted by Gasteiger charge is 2.27. The van der Waals surface area contributed by atoms with E-state index in [1.165, 1.54) is 19.3 Å². The fraction of sp³-hybridized carbons (Fsp3) is 0.600. The van der Waals surface area contributed by atoms with Crippen LogP contribution in [0.3, 0.4) is 0 Å². The number of rotatable bonds is 5. The molecule has 5 heteroatoms. The van der Waals surface area contributed by atoms with Gasteiger partial charge in [-0.1, -0.05) is 6.92 Å². The first-order chi connectivity index (χ1) is 9.81. The molecule has 1 atom stereocenters. The fourth-order valence-corrected chi connectivity index (χ4v) is 3.03. The molecular formula is C15H23N5. The van der Waals surface area contributed by atoms with Crippen LogP contribution in [0.5, 0.6) is 0 Å². The van der Waals surface area contributed by atoms with Crippen LogP contribution in [-0.4, -0.2) is 40.2 Å². The Kier molecular flexibility index (Phi) is 3.87. The molecule has 1 N–H and O–H groups in total. The summed E-state index contributed by atoms with van der Waals surface area (Å²) in [7, 11) is 2.03. The van der Waals surface area contributed by atoms with E-state index in [0.29, 0.717) is 6.04 Å². The third kappa shape index (κ3) is 2.38. The third-order valence-electron chi connectivity index (χ3n) is 4.08. The van der Waals surface area contributed by atoms with E-state index in [4.69, 9.17) is 0 Å². The van der Waals surface area contributed by atoms with Gasteiger partial charge in [-0.2, -0.15) is 0 Å². The lowest BCUT2D eigenvalue weighted by molar-refractivity contribution is 0.569. The SMILES string of the molecule is CCCNCC1CCCN1c1nccc2c1ncn2C. The number of aromatic nitrogens is 3. The highest BCUT2D eigenvalue weighted by molar-refractivity contribution is 5.86. The van der Waals surface area contributed by atoms with Gasteiger partial charge in [0.2, 0.25) is 0 Å². The fourth-order valence-electron chi connectivity index (χ4n) is 3.03. The van der Waals surface area contributed by atoms with Gasteiger partial charge in [0.25, 0.3) is 0 Å².